The molecule has 0 aromatic heterocycles. The minimum atomic E-state index is -0.521. The van der Waals surface area contributed by atoms with Crippen molar-refractivity contribution in [1.82, 2.24) is 5.32 Å². The van der Waals surface area contributed by atoms with Gasteiger partial charge in [-0.25, -0.2) is 0 Å². The molecule has 1 aliphatic carbocycles. The summed E-state index contributed by atoms with van der Waals surface area (Å²) in [6, 6.07) is 0. The molecular weight excluding hydrogens is 252 g/mol. The van der Waals surface area contributed by atoms with Crippen LogP contribution in [0.3, 0.4) is 0 Å². The van der Waals surface area contributed by atoms with Gasteiger partial charge in [0.05, 0.1) is 5.71 Å². The van der Waals surface area contributed by atoms with Gasteiger partial charge in [0, 0.05) is 12.1 Å². The number of aliphatic hydroxyl groups excluding tert-OH is 1. The second-order valence-corrected chi connectivity index (χ2v) is 8.09. The van der Waals surface area contributed by atoms with Crippen molar-refractivity contribution in [2.45, 2.75) is 72.4 Å². The number of hydrogen-bond donors (Lipinski definition) is 2. The van der Waals surface area contributed by atoms with Crippen LogP contribution in [0.25, 0.3) is 0 Å². The van der Waals surface area contributed by atoms with Gasteiger partial charge in [-0.05, 0) is 51.4 Å². The molecule has 0 radical (unpaired) electrons. The van der Waals surface area contributed by atoms with Gasteiger partial charge in [0.1, 0.15) is 12.7 Å². The molecule has 0 spiro atoms. The van der Waals surface area contributed by atoms with E-state index in [4.69, 9.17) is 4.84 Å². The third-order valence-electron chi connectivity index (χ3n) is 3.50. The van der Waals surface area contributed by atoms with Gasteiger partial charge in [-0.2, -0.15) is 0 Å². The maximum atomic E-state index is 9.84. The highest BCUT2D eigenvalue weighted by molar-refractivity contribution is 5.85. The van der Waals surface area contributed by atoms with Crippen molar-refractivity contribution in [2.75, 3.05) is 13.2 Å². The van der Waals surface area contributed by atoms with E-state index in [1.807, 2.05) is 0 Å². The molecule has 0 aromatic carbocycles. The maximum Gasteiger partial charge on any atom is 0.144 e. The van der Waals surface area contributed by atoms with Crippen LogP contribution in [0.2, 0.25) is 0 Å². The largest absolute Gasteiger partial charge is 0.393 e. The molecule has 1 aliphatic rings. The highest BCUT2D eigenvalue weighted by atomic mass is 16.6. The topological polar surface area (TPSA) is 53.9 Å². The maximum absolute atomic E-state index is 9.84. The monoisotopic (exact) mass is 284 g/mol. The molecule has 0 aromatic rings. The zero-order valence-corrected chi connectivity index (χ0v) is 14.0. The van der Waals surface area contributed by atoms with Crippen LogP contribution in [0.5, 0.6) is 0 Å². The second kappa shape index (κ2) is 6.90. The number of nitrogens with one attached hydrogen (secondary N) is 1. The van der Waals surface area contributed by atoms with E-state index in [1.165, 1.54) is 6.42 Å². The number of aliphatic hydroxyl groups is 1. The quantitative estimate of drug-likeness (QED) is 0.763. The number of rotatable bonds is 5. The van der Waals surface area contributed by atoms with Gasteiger partial charge in [0.25, 0.3) is 0 Å². The average Bonchev–Trinajstić information content (AvgIpc) is 2.22. The predicted molar refractivity (Wildman–Crippen MR) is 83.9 cm³/mol. The Kier molecular flexibility index (Phi) is 6.02. The summed E-state index contributed by atoms with van der Waals surface area (Å²) in [6.45, 7) is 13.8. The van der Waals surface area contributed by atoms with E-state index in [9.17, 15) is 5.11 Å². The lowest BCUT2D eigenvalue weighted by molar-refractivity contribution is 0.0357. The zero-order valence-electron chi connectivity index (χ0n) is 14.0. The molecule has 4 nitrogen and oxygen atoms in total. The van der Waals surface area contributed by atoms with E-state index in [-0.39, 0.29) is 12.1 Å². The molecule has 0 heterocycles. The van der Waals surface area contributed by atoms with Gasteiger partial charge in [0.15, 0.2) is 0 Å². The van der Waals surface area contributed by atoms with Crippen LogP contribution in [0.15, 0.2) is 5.16 Å². The Morgan fingerprint density at radius 1 is 1.45 bits per heavy atom. The lowest BCUT2D eigenvalue weighted by atomic mass is 9.72. The first-order valence-electron chi connectivity index (χ1n) is 7.68. The summed E-state index contributed by atoms with van der Waals surface area (Å²) in [7, 11) is 0. The van der Waals surface area contributed by atoms with E-state index < -0.39 is 6.10 Å². The van der Waals surface area contributed by atoms with Crippen LogP contribution in [0, 0.1) is 11.3 Å². The molecule has 2 atom stereocenters. The summed E-state index contributed by atoms with van der Waals surface area (Å²) >= 11 is 0. The summed E-state index contributed by atoms with van der Waals surface area (Å²) in [5, 5.41) is 17.3. The van der Waals surface area contributed by atoms with Crippen LogP contribution in [0.1, 0.15) is 60.8 Å². The van der Waals surface area contributed by atoms with Gasteiger partial charge in [-0.3, -0.25) is 0 Å². The van der Waals surface area contributed by atoms with Gasteiger partial charge in [-0.1, -0.05) is 25.9 Å². The summed E-state index contributed by atoms with van der Waals surface area (Å²) in [5.41, 5.74) is 1.45. The Bertz CT molecular complexity index is 332. The number of nitrogens with zero attached hydrogens (tertiary/aromatic N) is 1. The highest BCUT2D eigenvalue weighted by Crippen LogP contribution is 2.36. The molecule has 20 heavy (non-hydrogen) atoms. The Morgan fingerprint density at radius 2 is 2.10 bits per heavy atom. The minimum absolute atomic E-state index is 0.00962. The van der Waals surface area contributed by atoms with Gasteiger partial charge in [0.2, 0.25) is 0 Å². The second-order valence-electron chi connectivity index (χ2n) is 8.09. The highest BCUT2D eigenvalue weighted by Gasteiger charge is 2.29. The molecule has 2 unspecified atom stereocenters. The van der Waals surface area contributed by atoms with Crippen molar-refractivity contribution in [3.63, 3.8) is 0 Å². The number of hydrogen-bond acceptors (Lipinski definition) is 4. The van der Waals surface area contributed by atoms with Crippen LogP contribution in [0.4, 0.5) is 0 Å². The molecule has 0 amide bonds. The number of oxime groups is 1. The first-order valence-corrected chi connectivity index (χ1v) is 7.68. The Morgan fingerprint density at radius 3 is 2.65 bits per heavy atom. The lowest BCUT2D eigenvalue weighted by Crippen LogP contribution is -2.42. The summed E-state index contributed by atoms with van der Waals surface area (Å²) in [5.74, 6) is 0.661. The predicted octanol–water partition coefficient (Wildman–Crippen LogP) is 2.95. The SMILES string of the molecule is CC1C/C(=N\OCC(O)CNC(C)(C)C)CC(C)(C)C1. The zero-order chi connectivity index (χ0) is 15.4. The smallest absolute Gasteiger partial charge is 0.144 e. The summed E-state index contributed by atoms with van der Waals surface area (Å²) in [4.78, 5) is 5.34. The van der Waals surface area contributed by atoms with Gasteiger partial charge < -0.3 is 15.3 Å². The van der Waals surface area contributed by atoms with E-state index in [0.29, 0.717) is 17.9 Å². The molecule has 0 bridgehead atoms. The molecule has 1 rings (SSSR count). The third kappa shape index (κ3) is 7.25. The van der Waals surface area contributed by atoms with Crippen LogP contribution in [-0.4, -0.2) is 35.6 Å². The van der Waals surface area contributed by atoms with Gasteiger partial charge in [-0.15, -0.1) is 0 Å². The lowest BCUT2D eigenvalue weighted by Gasteiger charge is -2.34. The molecule has 1 fully saturated rings. The van der Waals surface area contributed by atoms with Crippen molar-refractivity contribution in [3.8, 4) is 0 Å². The van der Waals surface area contributed by atoms with E-state index in [0.717, 1.165) is 18.6 Å². The fourth-order valence-corrected chi connectivity index (χ4v) is 2.88. The fourth-order valence-electron chi connectivity index (χ4n) is 2.88. The number of β-amino-alcohol motifs (C(OH)–C–C–N with tert-alkyl or cyclic N) is 1. The Labute approximate surface area is 124 Å². The Balaban J connectivity index is 2.33. The first-order chi connectivity index (χ1) is 9.07. The van der Waals surface area contributed by atoms with E-state index >= 15 is 0 Å². The molecule has 0 aliphatic heterocycles. The molecular formula is C16H32N2O2. The average molecular weight is 284 g/mol. The molecule has 0 saturated heterocycles. The molecule has 2 N–H and O–H groups in total. The van der Waals surface area contributed by atoms with Crippen molar-refractivity contribution < 1.29 is 9.94 Å². The van der Waals surface area contributed by atoms with Crippen molar-refractivity contribution >= 4 is 5.71 Å². The van der Waals surface area contributed by atoms with Crippen molar-refractivity contribution in [2.24, 2.45) is 16.5 Å². The normalized spacial score (nSPS) is 26.6. The molecule has 1 saturated carbocycles. The summed E-state index contributed by atoms with van der Waals surface area (Å²) < 4.78 is 0. The first kappa shape index (κ1) is 17.4. The van der Waals surface area contributed by atoms with Crippen LogP contribution >= 0.6 is 0 Å². The van der Waals surface area contributed by atoms with Crippen LogP contribution < -0.4 is 5.32 Å². The van der Waals surface area contributed by atoms with Crippen molar-refractivity contribution in [1.29, 1.82) is 0 Å². The standard InChI is InChI=1S/C16H32N2O2/c1-12-7-13(9-16(5,6)8-12)18-20-11-14(19)10-17-15(2,3)4/h12,14,17,19H,7-11H2,1-6H3/b18-13+. The molecule has 118 valence electrons. The third-order valence-corrected chi connectivity index (χ3v) is 3.50. The van der Waals surface area contributed by atoms with Gasteiger partial charge >= 0.3 is 0 Å². The molecule has 4 heteroatoms. The van der Waals surface area contributed by atoms with Crippen molar-refractivity contribution in [3.05, 3.63) is 0 Å². The fraction of sp³-hybridized carbons (Fsp3) is 0.938. The Hall–Kier alpha value is -0.610. The van der Waals surface area contributed by atoms with E-state index in [1.54, 1.807) is 0 Å². The minimum Gasteiger partial charge on any atom is -0.393 e. The van der Waals surface area contributed by atoms with Crippen LogP contribution in [-0.2, 0) is 4.84 Å². The van der Waals surface area contributed by atoms with E-state index in [2.05, 4.69) is 52.0 Å². The summed E-state index contributed by atoms with van der Waals surface area (Å²) in [6.07, 6.45) is 2.73.